The largest absolute Gasteiger partial charge is 0.462 e. The molecule has 148 valence electrons. The van der Waals surface area contributed by atoms with Gasteiger partial charge in [-0.25, -0.2) is 4.79 Å². The fourth-order valence-corrected chi connectivity index (χ4v) is 3.37. The van der Waals surface area contributed by atoms with Crippen LogP contribution in [0.5, 0.6) is 0 Å². The van der Waals surface area contributed by atoms with Gasteiger partial charge in [0.1, 0.15) is 0 Å². The highest BCUT2D eigenvalue weighted by atomic mass is 16.5. The first-order chi connectivity index (χ1) is 13.6. The first-order valence-electron chi connectivity index (χ1n) is 9.67. The molecule has 1 N–H and O–H groups in total. The molecule has 1 heterocycles. The summed E-state index contributed by atoms with van der Waals surface area (Å²) in [6.45, 7) is 8.12. The second-order valence-corrected chi connectivity index (χ2v) is 6.90. The molecule has 1 saturated heterocycles. The van der Waals surface area contributed by atoms with Gasteiger partial charge in [0.2, 0.25) is 5.91 Å². The third-order valence-electron chi connectivity index (χ3n) is 4.88. The second-order valence-electron chi connectivity index (χ2n) is 6.90. The molecule has 28 heavy (non-hydrogen) atoms. The molecule has 2 aromatic carbocycles. The normalized spacial score (nSPS) is 14.6. The van der Waals surface area contributed by atoms with Crippen LogP contribution in [-0.4, -0.2) is 56.1 Å². The highest BCUT2D eigenvalue weighted by Crippen LogP contribution is 2.20. The minimum Gasteiger partial charge on any atom is -0.462 e. The summed E-state index contributed by atoms with van der Waals surface area (Å²) in [5.41, 5.74) is 3.71. The van der Waals surface area contributed by atoms with Crippen LogP contribution in [-0.2, 0) is 9.53 Å². The Hall–Kier alpha value is -2.86. The molecule has 0 aliphatic carbocycles. The topological polar surface area (TPSA) is 61.9 Å². The van der Waals surface area contributed by atoms with Gasteiger partial charge in [-0.3, -0.25) is 9.69 Å². The molecule has 2 aromatic rings. The van der Waals surface area contributed by atoms with Gasteiger partial charge in [-0.05, 0) is 49.7 Å². The van der Waals surface area contributed by atoms with E-state index >= 15 is 0 Å². The van der Waals surface area contributed by atoms with Crippen molar-refractivity contribution in [2.24, 2.45) is 0 Å². The Bertz CT molecular complexity index is 812. The minimum absolute atomic E-state index is 0.0479. The summed E-state index contributed by atoms with van der Waals surface area (Å²) in [7, 11) is 0. The molecular formula is C22H27N3O3. The molecule has 0 radical (unpaired) electrons. The maximum atomic E-state index is 12.3. The lowest BCUT2D eigenvalue weighted by atomic mass is 10.1. The number of nitrogens with one attached hydrogen (secondary N) is 1. The number of piperazine rings is 1. The molecule has 0 atom stereocenters. The number of rotatable bonds is 6. The number of amides is 1. The van der Waals surface area contributed by atoms with Crippen LogP contribution < -0.4 is 10.2 Å². The Labute approximate surface area is 166 Å². The van der Waals surface area contributed by atoms with Crippen molar-refractivity contribution in [2.45, 2.75) is 13.8 Å². The van der Waals surface area contributed by atoms with Crippen LogP contribution in [0.2, 0.25) is 0 Å². The monoisotopic (exact) mass is 381 g/mol. The number of hydrogen-bond donors (Lipinski definition) is 1. The molecule has 6 nitrogen and oxygen atoms in total. The SMILES string of the molecule is CCOC(=O)c1ccc(NC(=O)CN2CCN(c3ccccc3C)CC2)cc1. The maximum Gasteiger partial charge on any atom is 0.338 e. The van der Waals surface area contributed by atoms with Crippen molar-refractivity contribution >= 4 is 23.3 Å². The summed E-state index contributed by atoms with van der Waals surface area (Å²) in [6.07, 6.45) is 0. The zero-order valence-corrected chi connectivity index (χ0v) is 16.5. The summed E-state index contributed by atoms with van der Waals surface area (Å²) in [5.74, 6) is -0.403. The van der Waals surface area contributed by atoms with Gasteiger partial charge in [0.05, 0.1) is 18.7 Å². The highest BCUT2D eigenvalue weighted by molar-refractivity contribution is 5.94. The van der Waals surface area contributed by atoms with E-state index in [-0.39, 0.29) is 11.9 Å². The summed E-state index contributed by atoms with van der Waals surface area (Å²) in [5, 5.41) is 2.89. The Morgan fingerprint density at radius 3 is 2.32 bits per heavy atom. The molecule has 0 bridgehead atoms. The lowest BCUT2D eigenvalue weighted by Crippen LogP contribution is -2.48. The molecule has 0 unspecified atom stereocenters. The number of nitrogens with zero attached hydrogens (tertiary/aromatic N) is 2. The summed E-state index contributed by atoms with van der Waals surface area (Å²) in [4.78, 5) is 28.6. The molecule has 1 aliphatic heterocycles. The smallest absolute Gasteiger partial charge is 0.338 e. The molecule has 0 spiro atoms. The lowest BCUT2D eigenvalue weighted by molar-refractivity contribution is -0.117. The van der Waals surface area contributed by atoms with E-state index in [0.717, 1.165) is 26.2 Å². The first kappa shape index (κ1) is 19.9. The Morgan fingerprint density at radius 1 is 1.00 bits per heavy atom. The van der Waals surface area contributed by atoms with E-state index < -0.39 is 0 Å². The Kier molecular flexibility index (Phi) is 6.66. The van der Waals surface area contributed by atoms with E-state index in [9.17, 15) is 9.59 Å². The molecule has 1 aliphatic rings. The van der Waals surface area contributed by atoms with Crippen molar-refractivity contribution in [1.82, 2.24) is 4.90 Å². The molecule has 0 saturated carbocycles. The molecule has 3 rings (SSSR count). The van der Waals surface area contributed by atoms with Crippen molar-refractivity contribution in [3.8, 4) is 0 Å². The first-order valence-corrected chi connectivity index (χ1v) is 9.67. The van der Waals surface area contributed by atoms with Gasteiger partial charge in [-0.15, -0.1) is 0 Å². The maximum absolute atomic E-state index is 12.3. The van der Waals surface area contributed by atoms with Gasteiger partial charge in [0, 0.05) is 37.6 Å². The van der Waals surface area contributed by atoms with Gasteiger partial charge in [0.25, 0.3) is 0 Å². The predicted molar refractivity (Wildman–Crippen MR) is 111 cm³/mol. The highest BCUT2D eigenvalue weighted by Gasteiger charge is 2.20. The third-order valence-corrected chi connectivity index (χ3v) is 4.88. The number of aryl methyl sites for hydroxylation is 1. The molecule has 6 heteroatoms. The zero-order chi connectivity index (χ0) is 19.9. The molecule has 1 fully saturated rings. The van der Waals surface area contributed by atoms with Crippen LogP contribution in [0, 0.1) is 6.92 Å². The van der Waals surface area contributed by atoms with E-state index in [2.05, 4.69) is 46.3 Å². The Morgan fingerprint density at radius 2 is 1.68 bits per heavy atom. The average molecular weight is 381 g/mol. The fourth-order valence-electron chi connectivity index (χ4n) is 3.37. The fraction of sp³-hybridized carbons (Fsp3) is 0.364. The quantitative estimate of drug-likeness (QED) is 0.780. The van der Waals surface area contributed by atoms with E-state index in [1.165, 1.54) is 11.3 Å². The van der Waals surface area contributed by atoms with Gasteiger partial charge in [-0.1, -0.05) is 18.2 Å². The average Bonchev–Trinajstić information content (AvgIpc) is 2.70. The second kappa shape index (κ2) is 9.37. The van der Waals surface area contributed by atoms with Crippen LogP contribution in [0.3, 0.4) is 0 Å². The van der Waals surface area contributed by atoms with Gasteiger partial charge in [-0.2, -0.15) is 0 Å². The van der Waals surface area contributed by atoms with Crippen molar-refractivity contribution in [3.05, 3.63) is 59.7 Å². The van der Waals surface area contributed by atoms with Gasteiger partial charge >= 0.3 is 5.97 Å². The number of ether oxygens (including phenoxy) is 1. The van der Waals surface area contributed by atoms with Crippen LogP contribution in [0.25, 0.3) is 0 Å². The number of esters is 1. The zero-order valence-electron chi connectivity index (χ0n) is 16.5. The van der Waals surface area contributed by atoms with Crippen LogP contribution >= 0.6 is 0 Å². The van der Waals surface area contributed by atoms with Crippen LogP contribution in [0.4, 0.5) is 11.4 Å². The van der Waals surface area contributed by atoms with E-state index in [1.807, 2.05) is 0 Å². The van der Waals surface area contributed by atoms with Gasteiger partial charge in [0.15, 0.2) is 0 Å². The summed E-state index contributed by atoms with van der Waals surface area (Å²) in [6, 6.07) is 15.2. The summed E-state index contributed by atoms with van der Waals surface area (Å²) < 4.78 is 4.96. The van der Waals surface area contributed by atoms with E-state index in [4.69, 9.17) is 4.74 Å². The number of benzene rings is 2. The Balaban J connectivity index is 1.47. The standard InChI is InChI=1S/C22H27N3O3/c1-3-28-22(27)18-8-10-19(11-9-18)23-21(26)16-24-12-14-25(15-13-24)20-7-5-4-6-17(20)2/h4-11H,3,12-16H2,1-2H3,(H,23,26). The van der Waals surface area contributed by atoms with Crippen molar-refractivity contribution in [1.29, 1.82) is 0 Å². The molecule has 0 aromatic heterocycles. The number of hydrogen-bond acceptors (Lipinski definition) is 5. The van der Waals surface area contributed by atoms with Crippen molar-refractivity contribution < 1.29 is 14.3 Å². The van der Waals surface area contributed by atoms with Crippen LogP contribution in [0.15, 0.2) is 48.5 Å². The van der Waals surface area contributed by atoms with E-state index in [0.29, 0.717) is 24.4 Å². The van der Waals surface area contributed by atoms with Gasteiger partial charge < -0.3 is 15.0 Å². The number of para-hydroxylation sites is 1. The lowest BCUT2D eigenvalue weighted by Gasteiger charge is -2.36. The van der Waals surface area contributed by atoms with Crippen molar-refractivity contribution in [3.63, 3.8) is 0 Å². The minimum atomic E-state index is -0.355. The van der Waals surface area contributed by atoms with Crippen molar-refractivity contribution in [2.75, 3.05) is 49.5 Å². The molecular weight excluding hydrogens is 354 g/mol. The van der Waals surface area contributed by atoms with E-state index in [1.54, 1.807) is 31.2 Å². The third kappa shape index (κ3) is 5.10. The number of carbonyl (C=O) groups is 2. The van der Waals surface area contributed by atoms with Crippen LogP contribution in [0.1, 0.15) is 22.8 Å². The summed E-state index contributed by atoms with van der Waals surface area (Å²) >= 11 is 0. The molecule has 1 amide bonds. The number of carbonyl (C=O) groups excluding carboxylic acids is 2. The predicted octanol–water partition coefficient (Wildman–Crippen LogP) is 2.93. The number of anilines is 2.